The van der Waals surface area contributed by atoms with Gasteiger partial charge in [-0.25, -0.2) is 4.98 Å². The van der Waals surface area contributed by atoms with E-state index in [9.17, 15) is 5.26 Å². The number of nitriles is 1. The zero-order valence-electron chi connectivity index (χ0n) is 15.7. The van der Waals surface area contributed by atoms with Crippen LogP contribution >= 0.6 is 11.3 Å². The van der Waals surface area contributed by atoms with Crippen LogP contribution < -0.4 is 4.74 Å². The lowest BCUT2D eigenvalue weighted by Crippen LogP contribution is -2.05. The number of thiazole rings is 1. The number of aryl methyl sites for hydroxylation is 1. The molecule has 0 saturated carbocycles. The maximum absolute atomic E-state index is 10.1. The van der Waals surface area contributed by atoms with Crippen molar-refractivity contribution in [2.45, 2.75) is 6.92 Å². The van der Waals surface area contributed by atoms with Crippen LogP contribution in [-0.2, 0) is 0 Å². The monoisotopic (exact) mass is 392 g/mol. The summed E-state index contributed by atoms with van der Waals surface area (Å²) in [5.41, 5.74) is 5.32. The molecule has 3 nitrogen and oxygen atoms in total. The largest absolute Gasteiger partial charge is 0.456 e. The number of allylic oxidation sites excluding steroid dienone is 3. The third-order valence-electron chi connectivity index (χ3n) is 4.87. The average molecular weight is 392 g/mol. The first-order valence-corrected chi connectivity index (χ1v) is 10.1. The van der Waals surface area contributed by atoms with Crippen molar-refractivity contribution in [3.63, 3.8) is 0 Å². The highest BCUT2D eigenvalue weighted by Gasteiger charge is 2.23. The Morgan fingerprint density at radius 1 is 1.00 bits per heavy atom. The van der Waals surface area contributed by atoms with Gasteiger partial charge in [0, 0.05) is 16.7 Å². The Kier molecular flexibility index (Phi) is 4.23. The van der Waals surface area contributed by atoms with Crippen molar-refractivity contribution in [1.29, 1.82) is 5.26 Å². The van der Waals surface area contributed by atoms with E-state index >= 15 is 0 Å². The van der Waals surface area contributed by atoms with Gasteiger partial charge in [-0.05, 0) is 37.3 Å². The van der Waals surface area contributed by atoms with Crippen molar-refractivity contribution in [3.8, 4) is 11.8 Å². The van der Waals surface area contributed by atoms with Gasteiger partial charge < -0.3 is 4.74 Å². The zero-order chi connectivity index (χ0) is 19.8. The van der Waals surface area contributed by atoms with E-state index in [-0.39, 0.29) is 0 Å². The molecule has 2 heterocycles. The van der Waals surface area contributed by atoms with Crippen LogP contribution in [0.3, 0.4) is 0 Å². The van der Waals surface area contributed by atoms with Crippen molar-refractivity contribution in [2.24, 2.45) is 0 Å². The third-order valence-corrected chi connectivity index (χ3v) is 5.92. The molecule has 0 N–H and O–H groups in total. The van der Waals surface area contributed by atoms with Crippen LogP contribution in [0.5, 0.6) is 5.75 Å². The molecule has 5 rings (SSSR count). The van der Waals surface area contributed by atoms with E-state index in [1.54, 1.807) is 0 Å². The van der Waals surface area contributed by atoms with Gasteiger partial charge in [-0.1, -0.05) is 54.1 Å². The summed E-state index contributed by atoms with van der Waals surface area (Å²) in [5, 5.41) is 10.8. The Morgan fingerprint density at radius 2 is 1.79 bits per heavy atom. The van der Waals surface area contributed by atoms with E-state index < -0.39 is 0 Å². The van der Waals surface area contributed by atoms with Crippen LogP contribution in [-0.4, -0.2) is 4.98 Å². The minimum atomic E-state index is 0.565. The molecule has 0 fully saturated rings. The van der Waals surface area contributed by atoms with E-state index in [1.807, 2.05) is 79.7 Å². The number of rotatable bonds is 2. The summed E-state index contributed by atoms with van der Waals surface area (Å²) in [6.07, 6.45) is 1.96. The van der Waals surface area contributed by atoms with Crippen molar-refractivity contribution >= 4 is 38.5 Å². The highest BCUT2D eigenvalue weighted by atomic mass is 32.1. The van der Waals surface area contributed by atoms with E-state index in [1.165, 1.54) is 11.3 Å². The number of aromatic nitrogens is 1. The highest BCUT2D eigenvalue weighted by molar-refractivity contribution is 7.19. The Labute approximate surface area is 172 Å². The van der Waals surface area contributed by atoms with Crippen molar-refractivity contribution < 1.29 is 4.74 Å². The molecule has 3 aromatic carbocycles. The number of benzene rings is 3. The molecule has 0 atom stereocenters. The Hall–Kier alpha value is -3.68. The standard InChI is InChI=1S/C25H16N2OS/c1-16-11-12-22-19(13-16)18(14-23(28-22)17-7-3-2-4-8-17)20(15-26)25-27-21-9-5-6-10-24(21)29-25/h2-14H,1H3/b20-18-. The fourth-order valence-corrected chi connectivity index (χ4v) is 4.43. The van der Waals surface area contributed by atoms with Crippen molar-refractivity contribution in [2.75, 3.05) is 0 Å². The van der Waals surface area contributed by atoms with E-state index in [0.717, 1.165) is 49.0 Å². The number of ether oxygens (including phenoxy) is 1. The molecule has 4 heteroatoms. The van der Waals surface area contributed by atoms with E-state index in [2.05, 4.69) is 12.1 Å². The second-order valence-electron chi connectivity index (χ2n) is 6.86. The Bertz CT molecular complexity index is 1310. The highest BCUT2D eigenvalue weighted by Crippen LogP contribution is 2.42. The smallest absolute Gasteiger partial charge is 0.135 e. The molecule has 0 radical (unpaired) electrons. The van der Waals surface area contributed by atoms with Crippen LogP contribution in [0.25, 0.3) is 27.1 Å². The maximum atomic E-state index is 10.1. The quantitative estimate of drug-likeness (QED) is 0.367. The van der Waals surface area contributed by atoms with Gasteiger partial charge in [-0.3, -0.25) is 0 Å². The molecule has 0 unspecified atom stereocenters. The fourth-order valence-electron chi connectivity index (χ4n) is 3.45. The summed E-state index contributed by atoms with van der Waals surface area (Å²) in [7, 11) is 0. The van der Waals surface area contributed by atoms with Crippen LogP contribution in [0.1, 0.15) is 21.7 Å². The lowest BCUT2D eigenvalue weighted by molar-refractivity contribution is 0.509. The van der Waals surface area contributed by atoms with Crippen LogP contribution in [0, 0.1) is 18.3 Å². The maximum Gasteiger partial charge on any atom is 0.135 e. The number of nitrogens with zero attached hydrogens (tertiary/aromatic N) is 2. The topological polar surface area (TPSA) is 45.9 Å². The predicted molar refractivity (Wildman–Crippen MR) is 118 cm³/mol. The molecule has 0 spiro atoms. The summed E-state index contributed by atoms with van der Waals surface area (Å²) in [5.74, 6) is 1.48. The molecule has 4 aromatic rings. The first-order valence-electron chi connectivity index (χ1n) is 9.29. The van der Waals surface area contributed by atoms with Crippen molar-refractivity contribution in [1.82, 2.24) is 4.98 Å². The first-order chi connectivity index (χ1) is 14.2. The second-order valence-corrected chi connectivity index (χ2v) is 7.89. The molecule has 1 aliphatic rings. The molecule has 0 amide bonds. The average Bonchev–Trinajstić information content (AvgIpc) is 3.18. The molecular formula is C25H16N2OS. The summed E-state index contributed by atoms with van der Waals surface area (Å²) in [6, 6.07) is 26.4. The molecule has 0 aliphatic carbocycles. The first kappa shape index (κ1) is 17.4. The van der Waals surface area contributed by atoms with Gasteiger partial charge in [0.2, 0.25) is 0 Å². The molecule has 0 saturated heterocycles. The molecule has 1 aliphatic heterocycles. The number of hydrogen-bond acceptors (Lipinski definition) is 4. The predicted octanol–water partition coefficient (Wildman–Crippen LogP) is 6.47. The van der Waals surface area contributed by atoms with Gasteiger partial charge in [-0.2, -0.15) is 5.26 Å². The summed E-state index contributed by atoms with van der Waals surface area (Å²) >= 11 is 1.54. The Balaban J connectivity index is 1.78. The summed E-state index contributed by atoms with van der Waals surface area (Å²) in [4.78, 5) is 4.72. The lowest BCUT2D eigenvalue weighted by atomic mass is 9.94. The number of hydrogen-bond donors (Lipinski definition) is 0. The minimum Gasteiger partial charge on any atom is -0.456 e. The normalized spacial score (nSPS) is 14.6. The molecular weight excluding hydrogens is 376 g/mol. The van der Waals surface area contributed by atoms with Crippen molar-refractivity contribution in [3.05, 3.63) is 101 Å². The summed E-state index contributed by atoms with van der Waals surface area (Å²) in [6.45, 7) is 2.04. The lowest BCUT2D eigenvalue weighted by Gasteiger charge is -2.21. The molecule has 0 bridgehead atoms. The SMILES string of the molecule is Cc1ccc2c(c1)/C(=C(/C#N)c1nc3ccccc3s1)C=C(c1ccccc1)O2. The fraction of sp³-hybridized carbons (Fsp3) is 0.0400. The van der Waals surface area contributed by atoms with Gasteiger partial charge in [0.05, 0.1) is 15.8 Å². The van der Waals surface area contributed by atoms with Gasteiger partial charge in [-0.15, -0.1) is 11.3 Å². The number of fused-ring (bicyclic) bond motifs is 2. The number of para-hydroxylation sites is 1. The van der Waals surface area contributed by atoms with Gasteiger partial charge >= 0.3 is 0 Å². The van der Waals surface area contributed by atoms with Crippen LogP contribution in [0.2, 0.25) is 0 Å². The van der Waals surface area contributed by atoms with Gasteiger partial charge in [0.15, 0.2) is 0 Å². The summed E-state index contributed by atoms with van der Waals surface area (Å²) < 4.78 is 7.26. The van der Waals surface area contributed by atoms with Crippen LogP contribution in [0.4, 0.5) is 0 Å². The third kappa shape index (κ3) is 3.12. The van der Waals surface area contributed by atoms with Gasteiger partial charge in [0.25, 0.3) is 0 Å². The Morgan fingerprint density at radius 3 is 2.59 bits per heavy atom. The second kappa shape index (κ2) is 7.05. The minimum absolute atomic E-state index is 0.565. The van der Waals surface area contributed by atoms with Crippen LogP contribution in [0.15, 0.2) is 78.9 Å². The molecule has 29 heavy (non-hydrogen) atoms. The zero-order valence-corrected chi connectivity index (χ0v) is 16.5. The van der Waals surface area contributed by atoms with E-state index in [0.29, 0.717) is 5.57 Å². The molecule has 138 valence electrons. The van der Waals surface area contributed by atoms with Gasteiger partial charge in [0.1, 0.15) is 22.6 Å². The van der Waals surface area contributed by atoms with E-state index in [4.69, 9.17) is 9.72 Å². The molecule has 1 aromatic heterocycles.